The third-order valence-corrected chi connectivity index (χ3v) is 4.54. The average molecular weight is 469 g/mol. The molecule has 1 aliphatic heterocycles. The predicted molar refractivity (Wildman–Crippen MR) is 102 cm³/mol. The number of carbonyl (C=O) groups is 2. The lowest BCUT2D eigenvalue weighted by Crippen LogP contribution is -2.51. The van der Waals surface area contributed by atoms with Crippen LogP contribution >= 0.6 is 28.1 Å². The van der Waals surface area contributed by atoms with Gasteiger partial charge in [-0.05, 0) is 56.8 Å². The first-order chi connectivity index (χ1) is 13.3. The van der Waals surface area contributed by atoms with Gasteiger partial charge in [0.25, 0.3) is 11.8 Å². The van der Waals surface area contributed by atoms with Crippen LogP contribution in [-0.2, 0) is 16.2 Å². The van der Waals surface area contributed by atoms with E-state index >= 15 is 0 Å². The van der Waals surface area contributed by atoms with E-state index < -0.39 is 11.8 Å². The van der Waals surface area contributed by atoms with Gasteiger partial charge >= 0.3 is 0 Å². The van der Waals surface area contributed by atoms with E-state index in [0.29, 0.717) is 27.2 Å². The fraction of sp³-hybridized carbons (Fsp3) is 0.188. The van der Waals surface area contributed by atoms with Crippen LogP contribution in [0.3, 0.4) is 0 Å². The summed E-state index contributed by atoms with van der Waals surface area (Å²) in [5, 5.41) is 19.8. The lowest BCUT2D eigenvalue weighted by atomic mass is 10.1. The highest BCUT2D eigenvalue weighted by Crippen LogP contribution is 2.37. The van der Waals surface area contributed by atoms with Gasteiger partial charge in [0.1, 0.15) is 5.57 Å². The number of halogens is 1. The number of nitrogens with zero attached hydrogens (tertiary/aromatic N) is 2. The first-order valence-corrected chi connectivity index (χ1v) is 8.94. The molecule has 12 heteroatoms. The van der Waals surface area contributed by atoms with Crippen LogP contribution in [0.1, 0.15) is 17.0 Å². The zero-order valence-corrected chi connectivity index (χ0v) is 17.0. The summed E-state index contributed by atoms with van der Waals surface area (Å²) in [7, 11) is 1.43. The smallest absolute Gasteiger partial charge is 0.263 e. The van der Waals surface area contributed by atoms with Crippen molar-refractivity contribution in [1.29, 1.82) is 0 Å². The Kier molecular flexibility index (Phi) is 5.61. The van der Waals surface area contributed by atoms with Crippen molar-refractivity contribution < 1.29 is 28.6 Å². The van der Waals surface area contributed by atoms with E-state index in [4.69, 9.17) is 21.7 Å². The molecule has 0 bridgehead atoms. The molecule has 0 atom stereocenters. The summed E-state index contributed by atoms with van der Waals surface area (Å²) in [6.45, 7) is 1.51. The Bertz CT molecular complexity index is 977. The van der Waals surface area contributed by atoms with Crippen molar-refractivity contribution in [1.82, 2.24) is 15.8 Å². The lowest BCUT2D eigenvalue weighted by molar-refractivity contribution is -0.808. The average Bonchev–Trinajstić information content (AvgIpc) is 2.95. The summed E-state index contributed by atoms with van der Waals surface area (Å²) in [5.41, 5.74) is 1.01. The quantitative estimate of drug-likeness (QED) is 0.286. The molecule has 28 heavy (non-hydrogen) atoms. The molecule has 0 saturated carbocycles. The molecule has 2 aromatic rings. The number of methoxy groups -OCH3 is 1. The maximum Gasteiger partial charge on any atom is 0.263 e. The molecule has 3 rings (SSSR count). The third kappa shape index (κ3) is 3.97. The van der Waals surface area contributed by atoms with Gasteiger partial charge in [0.2, 0.25) is 11.4 Å². The molecule has 0 radical (unpaired) electrons. The Labute approximate surface area is 172 Å². The minimum Gasteiger partial charge on any atom is -0.493 e. The number of carbonyl (C=O) groups excluding carboxylic acids is 2. The molecule has 1 aromatic heterocycles. The van der Waals surface area contributed by atoms with Crippen molar-refractivity contribution >= 4 is 51.2 Å². The minimum atomic E-state index is -0.605. The summed E-state index contributed by atoms with van der Waals surface area (Å²) < 4.78 is 16.0. The summed E-state index contributed by atoms with van der Waals surface area (Å²) in [5.74, 6) is -0.567. The molecule has 10 nitrogen and oxygen atoms in total. The van der Waals surface area contributed by atoms with Crippen molar-refractivity contribution in [3.63, 3.8) is 0 Å². The summed E-state index contributed by atoms with van der Waals surface area (Å²) in [4.78, 5) is 24.2. The first-order valence-electron chi connectivity index (χ1n) is 7.74. The molecule has 0 unspecified atom stereocenters. The van der Waals surface area contributed by atoms with Gasteiger partial charge < -0.3 is 14.7 Å². The van der Waals surface area contributed by atoms with Gasteiger partial charge in [0, 0.05) is 12.1 Å². The van der Waals surface area contributed by atoms with Crippen LogP contribution in [0.4, 0.5) is 0 Å². The van der Waals surface area contributed by atoms with Gasteiger partial charge in [-0.15, -0.1) is 0 Å². The van der Waals surface area contributed by atoms with E-state index in [2.05, 4.69) is 36.3 Å². The molecular formula is C16H13BrN4O6S. The standard InChI is InChI=1S/C16H13BrN4O6S/c1-7-11(21(24)27-20-7)6-26-13-10(17)4-8(5-12(13)25-2)3-9-14(22)18-16(28)19-15(9)23/h3-5H,6H2,1-2H3,(H2,18,19,22,23,28). The van der Waals surface area contributed by atoms with Gasteiger partial charge in [-0.2, -0.15) is 0 Å². The van der Waals surface area contributed by atoms with Gasteiger partial charge in [0.15, 0.2) is 23.2 Å². The number of amides is 2. The maximum absolute atomic E-state index is 12.0. The first kappa shape index (κ1) is 19.8. The van der Waals surface area contributed by atoms with Crippen molar-refractivity contribution in [2.45, 2.75) is 13.5 Å². The number of nitrogens with one attached hydrogen (secondary N) is 2. The van der Waals surface area contributed by atoms with Crippen LogP contribution in [0.2, 0.25) is 0 Å². The largest absolute Gasteiger partial charge is 0.493 e. The predicted octanol–water partition coefficient (Wildman–Crippen LogP) is 0.881. The number of aryl methyl sites for hydroxylation is 1. The number of benzene rings is 1. The van der Waals surface area contributed by atoms with E-state index in [1.54, 1.807) is 19.1 Å². The van der Waals surface area contributed by atoms with Crippen molar-refractivity contribution in [2.24, 2.45) is 0 Å². The fourth-order valence-corrected chi connectivity index (χ4v) is 3.13. The van der Waals surface area contributed by atoms with E-state index in [-0.39, 0.29) is 27.9 Å². The number of aromatic nitrogens is 2. The van der Waals surface area contributed by atoms with E-state index in [1.807, 2.05) is 0 Å². The number of hydrogen-bond acceptors (Lipinski definition) is 8. The second-order valence-corrected chi connectivity index (χ2v) is 6.84. The van der Waals surface area contributed by atoms with Gasteiger partial charge in [-0.25, -0.2) is 0 Å². The van der Waals surface area contributed by atoms with Gasteiger partial charge in [0.05, 0.1) is 11.6 Å². The van der Waals surface area contributed by atoms with Crippen LogP contribution < -0.4 is 25.0 Å². The lowest BCUT2D eigenvalue weighted by Gasteiger charge is -2.17. The Hall–Kier alpha value is -2.99. The van der Waals surface area contributed by atoms with Gasteiger partial charge in [-0.3, -0.25) is 24.9 Å². The zero-order chi connectivity index (χ0) is 20.4. The highest BCUT2D eigenvalue weighted by atomic mass is 79.9. The summed E-state index contributed by atoms with van der Waals surface area (Å²) >= 11 is 8.13. The Morgan fingerprint density at radius 3 is 2.61 bits per heavy atom. The van der Waals surface area contributed by atoms with Crippen molar-refractivity contribution in [2.75, 3.05) is 7.11 Å². The SMILES string of the molecule is COc1cc(C=C2C(=O)NC(=S)NC2=O)cc(Br)c1OCc1c(C)no[n+]1[O-]. The van der Waals surface area contributed by atoms with Crippen LogP contribution in [0.15, 0.2) is 26.8 Å². The molecule has 2 amide bonds. The third-order valence-electron chi connectivity index (χ3n) is 3.75. The molecule has 0 spiro atoms. The zero-order valence-electron chi connectivity index (χ0n) is 14.6. The Balaban J connectivity index is 1.89. The molecule has 1 aliphatic rings. The molecule has 1 saturated heterocycles. The van der Waals surface area contributed by atoms with E-state index in [1.165, 1.54) is 13.2 Å². The Morgan fingerprint density at radius 2 is 2.04 bits per heavy atom. The minimum absolute atomic E-state index is 0.0469. The number of hydrogen-bond donors (Lipinski definition) is 2. The number of ether oxygens (including phenoxy) is 2. The van der Waals surface area contributed by atoms with Crippen LogP contribution in [-0.4, -0.2) is 29.2 Å². The van der Waals surface area contributed by atoms with E-state index in [9.17, 15) is 14.8 Å². The highest BCUT2D eigenvalue weighted by molar-refractivity contribution is 9.10. The normalized spacial score (nSPS) is 13.8. The van der Waals surface area contributed by atoms with Gasteiger partial charge in [-0.1, -0.05) is 0 Å². The highest BCUT2D eigenvalue weighted by Gasteiger charge is 2.26. The summed E-state index contributed by atoms with van der Waals surface area (Å²) in [6, 6.07) is 3.20. The van der Waals surface area contributed by atoms with Crippen LogP contribution in [0.25, 0.3) is 6.08 Å². The molecule has 2 N–H and O–H groups in total. The number of thiocarbonyl (C=S) groups is 1. The van der Waals surface area contributed by atoms with Crippen molar-refractivity contribution in [3.05, 3.63) is 44.3 Å². The topological polar surface area (TPSA) is 130 Å². The Morgan fingerprint density at radius 1 is 1.36 bits per heavy atom. The monoisotopic (exact) mass is 468 g/mol. The second kappa shape index (κ2) is 7.94. The molecule has 146 valence electrons. The molecule has 0 aliphatic carbocycles. The molecule has 2 heterocycles. The molecular weight excluding hydrogens is 456 g/mol. The molecule has 1 fully saturated rings. The number of rotatable bonds is 5. The summed E-state index contributed by atoms with van der Waals surface area (Å²) in [6.07, 6.45) is 1.39. The van der Waals surface area contributed by atoms with E-state index in [0.717, 1.165) is 0 Å². The maximum atomic E-state index is 12.0. The van der Waals surface area contributed by atoms with Crippen LogP contribution in [0.5, 0.6) is 11.5 Å². The van der Waals surface area contributed by atoms with Crippen molar-refractivity contribution in [3.8, 4) is 11.5 Å². The molecule has 1 aromatic carbocycles. The fourth-order valence-electron chi connectivity index (χ4n) is 2.37. The second-order valence-electron chi connectivity index (χ2n) is 5.58. The van der Waals surface area contributed by atoms with Crippen LogP contribution in [0, 0.1) is 12.1 Å².